The fourth-order valence-corrected chi connectivity index (χ4v) is 5.06. The zero-order valence-corrected chi connectivity index (χ0v) is 19.2. The zero-order chi connectivity index (χ0) is 22.3. The summed E-state index contributed by atoms with van der Waals surface area (Å²) < 4.78 is 33.1. The lowest BCUT2D eigenvalue weighted by molar-refractivity contribution is -0.119. The monoisotopic (exact) mass is 465 g/mol. The largest absolute Gasteiger partial charge is 0.379 e. The molecule has 3 rings (SSSR count). The number of morpholine rings is 1. The topological polar surface area (TPSA) is 79.0 Å². The third-order valence-corrected chi connectivity index (χ3v) is 7.19. The summed E-state index contributed by atoms with van der Waals surface area (Å²) in [5.74, 6) is -0.377. The highest BCUT2D eigenvalue weighted by atomic mass is 35.5. The molecule has 0 spiro atoms. The van der Waals surface area contributed by atoms with Crippen molar-refractivity contribution in [2.24, 2.45) is 0 Å². The van der Waals surface area contributed by atoms with Crippen LogP contribution >= 0.6 is 11.6 Å². The number of hydrogen-bond acceptors (Lipinski definition) is 5. The first kappa shape index (κ1) is 23.5. The Morgan fingerprint density at radius 1 is 1.13 bits per heavy atom. The molecule has 1 aliphatic rings. The molecule has 7 nitrogen and oxygen atoms in total. The molecule has 1 heterocycles. The van der Waals surface area contributed by atoms with E-state index in [4.69, 9.17) is 16.3 Å². The van der Waals surface area contributed by atoms with Crippen molar-refractivity contribution >= 4 is 33.2 Å². The van der Waals surface area contributed by atoms with Crippen molar-refractivity contribution < 1.29 is 17.9 Å². The van der Waals surface area contributed by atoms with Crippen molar-refractivity contribution in [2.45, 2.75) is 18.2 Å². The molecule has 9 heteroatoms. The number of anilines is 1. The Labute approximate surface area is 189 Å². The fraction of sp³-hybridized carbons (Fsp3) is 0.409. The van der Waals surface area contributed by atoms with Crippen LogP contribution in [0, 0.1) is 6.92 Å². The molecule has 2 aromatic carbocycles. The molecule has 1 amide bonds. The van der Waals surface area contributed by atoms with Crippen LogP contribution < -0.4 is 9.62 Å². The van der Waals surface area contributed by atoms with Gasteiger partial charge in [0.25, 0.3) is 10.0 Å². The molecule has 1 aliphatic heterocycles. The second-order valence-corrected chi connectivity index (χ2v) is 9.70. The van der Waals surface area contributed by atoms with Crippen LogP contribution in [0.1, 0.15) is 12.0 Å². The standard InChI is InChI=1S/C22H28ClN3O4S/c1-18-7-9-19(10-8-18)31(28,29)26(21-6-3-2-5-20(21)23)17-22(27)24-11-4-12-25-13-15-30-16-14-25/h2-3,5-10H,4,11-17H2,1H3,(H,24,27). The Balaban J connectivity index is 1.69. The predicted molar refractivity (Wildman–Crippen MR) is 122 cm³/mol. The van der Waals surface area contributed by atoms with Crippen molar-refractivity contribution in [1.82, 2.24) is 10.2 Å². The molecule has 1 fully saturated rings. The molecule has 1 N–H and O–H groups in total. The summed E-state index contributed by atoms with van der Waals surface area (Å²) in [5.41, 5.74) is 1.22. The highest BCUT2D eigenvalue weighted by Gasteiger charge is 2.28. The van der Waals surface area contributed by atoms with E-state index in [1.807, 2.05) is 6.92 Å². The summed E-state index contributed by atoms with van der Waals surface area (Å²) in [6.07, 6.45) is 0.780. The number of sulfonamides is 1. The van der Waals surface area contributed by atoms with Crippen LogP contribution in [-0.2, 0) is 19.6 Å². The van der Waals surface area contributed by atoms with Gasteiger partial charge in [0, 0.05) is 19.6 Å². The SMILES string of the molecule is Cc1ccc(S(=O)(=O)N(CC(=O)NCCCN2CCOCC2)c2ccccc2Cl)cc1. The number of aryl methyl sites for hydroxylation is 1. The van der Waals surface area contributed by atoms with Gasteiger partial charge in [0.05, 0.1) is 28.8 Å². The summed E-state index contributed by atoms with van der Waals surface area (Å²) in [5, 5.41) is 3.09. The van der Waals surface area contributed by atoms with Crippen LogP contribution in [0.4, 0.5) is 5.69 Å². The number of amides is 1. The van der Waals surface area contributed by atoms with E-state index in [9.17, 15) is 13.2 Å². The third kappa shape index (κ3) is 6.43. The molecule has 168 valence electrons. The van der Waals surface area contributed by atoms with E-state index in [2.05, 4.69) is 10.2 Å². The Morgan fingerprint density at radius 3 is 2.48 bits per heavy atom. The van der Waals surface area contributed by atoms with Gasteiger partial charge in [0.1, 0.15) is 6.54 Å². The average Bonchev–Trinajstić information content (AvgIpc) is 2.77. The van der Waals surface area contributed by atoms with E-state index in [0.29, 0.717) is 6.54 Å². The lowest BCUT2D eigenvalue weighted by Gasteiger charge is -2.27. The fourth-order valence-electron chi connectivity index (χ4n) is 3.33. The summed E-state index contributed by atoms with van der Waals surface area (Å²) in [6.45, 7) is 6.11. The van der Waals surface area contributed by atoms with Crippen LogP contribution in [0.3, 0.4) is 0 Å². The molecule has 0 aromatic heterocycles. The first-order valence-corrected chi connectivity index (χ1v) is 12.1. The van der Waals surface area contributed by atoms with Gasteiger partial charge in [-0.3, -0.25) is 14.0 Å². The maximum atomic E-state index is 13.3. The maximum Gasteiger partial charge on any atom is 0.264 e. The molecule has 0 bridgehead atoms. The lowest BCUT2D eigenvalue weighted by atomic mass is 10.2. The van der Waals surface area contributed by atoms with E-state index in [1.54, 1.807) is 36.4 Å². The number of ether oxygens (including phenoxy) is 1. The molecule has 0 saturated carbocycles. The average molecular weight is 466 g/mol. The molecule has 31 heavy (non-hydrogen) atoms. The number of carbonyl (C=O) groups excluding carboxylic acids is 1. The van der Waals surface area contributed by atoms with Crippen LogP contribution in [0.25, 0.3) is 0 Å². The Morgan fingerprint density at radius 2 is 1.81 bits per heavy atom. The quantitative estimate of drug-likeness (QED) is 0.576. The minimum Gasteiger partial charge on any atom is -0.379 e. The van der Waals surface area contributed by atoms with Gasteiger partial charge in [-0.15, -0.1) is 0 Å². The Hall–Kier alpha value is -2.13. The molecule has 1 saturated heterocycles. The van der Waals surface area contributed by atoms with Crippen molar-refractivity contribution in [3.05, 3.63) is 59.1 Å². The Kier molecular flexibility index (Phi) is 8.31. The molecule has 0 radical (unpaired) electrons. The van der Waals surface area contributed by atoms with Crippen LogP contribution in [-0.4, -0.2) is 65.2 Å². The van der Waals surface area contributed by atoms with Gasteiger partial charge in [-0.2, -0.15) is 0 Å². The maximum absolute atomic E-state index is 13.3. The molecular formula is C22H28ClN3O4S. The van der Waals surface area contributed by atoms with Gasteiger partial charge in [0.15, 0.2) is 0 Å². The summed E-state index contributed by atoms with van der Waals surface area (Å²) >= 11 is 6.28. The number of benzene rings is 2. The van der Waals surface area contributed by atoms with Gasteiger partial charge in [-0.25, -0.2) is 8.42 Å². The normalized spacial score (nSPS) is 14.9. The minimum atomic E-state index is -3.97. The van der Waals surface area contributed by atoms with Gasteiger partial charge in [-0.05, 0) is 44.2 Å². The van der Waals surface area contributed by atoms with E-state index >= 15 is 0 Å². The van der Waals surface area contributed by atoms with E-state index in [1.165, 1.54) is 12.1 Å². The summed E-state index contributed by atoms with van der Waals surface area (Å²) in [4.78, 5) is 15.0. The van der Waals surface area contributed by atoms with Gasteiger partial charge < -0.3 is 10.1 Å². The number of carbonyl (C=O) groups is 1. The van der Waals surface area contributed by atoms with Crippen molar-refractivity contribution in [2.75, 3.05) is 50.2 Å². The second-order valence-electron chi connectivity index (χ2n) is 7.43. The number of para-hydroxylation sites is 1. The number of nitrogens with one attached hydrogen (secondary N) is 1. The highest BCUT2D eigenvalue weighted by Crippen LogP contribution is 2.30. The van der Waals surface area contributed by atoms with Crippen LogP contribution in [0.15, 0.2) is 53.4 Å². The number of nitrogens with zero attached hydrogens (tertiary/aromatic N) is 2. The van der Waals surface area contributed by atoms with Crippen molar-refractivity contribution in [3.63, 3.8) is 0 Å². The lowest BCUT2D eigenvalue weighted by Crippen LogP contribution is -2.42. The highest BCUT2D eigenvalue weighted by molar-refractivity contribution is 7.92. The van der Waals surface area contributed by atoms with Crippen LogP contribution in [0.5, 0.6) is 0 Å². The smallest absolute Gasteiger partial charge is 0.264 e. The number of hydrogen-bond donors (Lipinski definition) is 1. The molecule has 0 unspecified atom stereocenters. The third-order valence-electron chi connectivity index (χ3n) is 5.09. The van der Waals surface area contributed by atoms with E-state index in [0.717, 1.165) is 49.1 Å². The first-order valence-electron chi connectivity index (χ1n) is 10.3. The number of rotatable bonds is 9. The van der Waals surface area contributed by atoms with E-state index in [-0.39, 0.29) is 28.1 Å². The van der Waals surface area contributed by atoms with Gasteiger partial charge in [-0.1, -0.05) is 41.4 Å². The summed E-state index contributed by atoms with van der Waals surface area (Å²) in [6, 6.07) is 13.1. The Bertz CT molecular complexity index is 977. The number of halogens is 1. The predicted octanol–water partition coefficient (Wildman–Crippen LogP) is 2.68. The first-order chi connectivity index (χ1) is 14.9. The van der Waals surface area contributed by atoms with Crippen molar-refractivity contribution in [3.8, 4) is 0 Å². The molecular weight excluding hydrogens is 438 g/mol. The zero-order valence-electron chi connectivity index (χ0n) is 17.6. The second kappa shape index (κ2) is 10.9. The van der Waals surface area contributed by atoms with E-state index < -0.39 is 10.0 Å². The van der Waals surface area contributed by atoms with Gasteiger partial charge in [0.2, 0.25) is 5.91 Å². The van der Waals surface area contributed by atoms with Crippen molar-refractivity contribution in [1.29, 1.82) is 0 Å². The summed E-state index contributed by atoms with van der Waals surface area (Å²) in [7, 11) is -3.97. The molecule has 0 atom stereocenters. The minimum absolute atomic E-state index is 0.109. The molecule has 2 aromatic rings. The molecule has 0 aliphatic carbocycles. The van der Waals surface area contributed by atoms with Crippen LogP contribution in [0.2, 0.25) is 5.02 Å². The van der Waals surface area contributed by atoms with Gasteiger partial charge >= 0.3 is 0 Å².